The summed E-state index contributed by atoms with van der Waals surface area (Å²) in [6.45, 7) is 0.145. The van der Waals surface area contributed by atoms with Gasteiger partial charge in [-0.1, -0.05) is 29.8 Å². The third-order valence-corrected chi connectivity index (χ3v) is 4.65. The molecule has 0 aliphatic carbocycles. The molecule has 9 heteroatoms. The Morgan fingerprint density at radius 3 is 2.65 bits per heavy atom. The minimum atomic E-state index is -0.552. The molecule has 2 amide bonds. The van der Waals surface area contributed by atoms with Gasteiger partial charge >= 0.3 is 0 Å². The summed E-state index contributed by atoms with van der Waals surface area (Å²) in [5, 5.41) is 13.2. The zero-order valence-corrected chi connectivity index (χ0v) is 14.7. The number of nitro groups is 1. The number of rotatable bonds is 5. The van der Waals surface area contributed by atoms with Gasteiger partial charge in [-0.25, -0.2) is 0 Å². The van der Waals surface area contributed by atoms with Crippen molar-refractivity contribution in [3.05, 3.63) is 73.6 Å². The summed E-state index contributed by atoms with van der Waals surface area (Å²) < 4.78 is 5.73. The van der Waals surface area contributed by atoms with E-state index in [1.54, 1.807) is 18.2 Å². The van der Waals surface area contributed by atoms with Crippen LogP contribution >= 0.6 is 23.4 Å². The number of imide groups is 1. The van der Waals surface area contributed by atoms with E-state index in [1.165, 1.54) is 24.3 Å². The lowest BCUT2D eigenvalue weighted by molar-refractivity contribution is -0.384. The number of thioether (sulfide) groups is 1. The van der Waals surface area contributed by atoms with Gasteiger partial charge in [-0.2, -0.15) is 0 Å². The van der Waals surface area contributed by atoms with Crippen molar-refractivity contribution >= 4 is 46.3 Å². The largest absolute Gasteiger partial charge is 0.488 e. The zero-order chi connectivity index (χ0) is 18.7. The fourth-order valence-electron chi connectivity index (χ4n) is 2.23. The van der Waals surface area contributed by atoms with E-state index >= 15 is 0 Å². The van der Waals surface area contributed by atoms with Gasteiger partial charge in [0.15, 0.2) is 0 Å². The molecule has 1 N–H and O–H groups in total. The quantitative estimate of drug-likeness (QED) is 0.467. The lowest BCUT2D eigenvalue weighted by Crippen LogP contribution is -2.17. The summed E-state index contributed by atoms with van der Waals surface area (Å²) in [5.74, 6) is -0.223. The maximum atomic E-state index is 11.7. The predicted molar refractivity (Wildman–Crippen MR) is 98.0 cm³/mol. The van der Waals surface area contributed by atoms with Crippen molar-refractivity contribution in [2.75, 3.05) is 0 Å². The van der Waals surface area contributed by atoms with Crippen molar-refractivity contribution in [3.8, 4) is 5.75 Å². The Kier molecular flexibility index (Phi) is 5.24. The lowest BCUT2D eigenvalue weighted by atomic mass is 10.1. The monoisotopic (exact) mass is 390 g/mol. The van der Waals surface area contributed by atoms with E-state index in [4.69, 9.17) is 16.3 Å². The Bertz CT molecular complexity index is 945. The molecular weight excluding hydrogens is 380 g/mol. The molecule has 132 valence electrons. The minimum absolute atomic E-state index is 0.137. The highest BCUT2D eigenvalue weighted by Crippen LogP contribution is 2.32. The molecule has 2 aromatic carbocycles. The van der Waals surface area contributed by atoms with Gasteiger partial charge in [0.25, 0.3) is 16.8 Å². The Hall–Kier alpha value is -2.84. The number of benzene rings is 2. The molecule has 0 saturated carbocycles. The number of amides is 2. The van der Waals surface area contributed by atoms with Crippen molar-refractivity contribution in [3.63, 3.8) is 0 Å². The standard InChI is InChI=1S/C17H11ClN2O5S/c18-13-4-2-1-3-10(13)9-25-14-6-5-12(20(23)24)7-11(14)8-15-16(21)19-17(22)26-15/h1-8H,9H2,(H,19,21,22)/b15-8-. The van der Waals surface area contributed by atoms with Crippen LogP contribution in [0.4, 0.5) is 10.5 Å². The molecule has 0 atom stereocenters. The number of hydrogen-bond acceptors (Lipinski definition) is 6. The average Bonchev–Trinajstić information content (AvgIpc) is 2.92. The van der Waals surface area contributed by atoms with E-state index in [-0.39, 0.29) is 17.2 Å². The van der Waals surface area contributed by atoms with Gasteiger partial charge in [0.1, 0.15) is 12.4 Å². The molecule has 1 aliphatic rings. The number of ether oxygens (including phenoxy) is 1. The van der Waals surface area contributed by atoms with Crippen LogP contribution in [0.2, 0.25) is 5.02 Å². The highest BCUT2D eigenvalue weighted by Gasteiger charge is 2.26. The van der Waals surface area contributed by atoms with Crippen LogP contribution < -0.4 is 10.1 Å². The molecule has 3 rings (SSSR count). The van der Waals surface area contributed by atoms with Gasteiger partial charge in [0, 0.05) is 28.3 Å². The number of halogens is 1. The maximum absolute atomic E-state index is 11.7. The fraction of sp³-hybridized carbons (Fsp3) is 0.0588. The first-order valence-electron chi connectivity index (χ1n) is 7.33. The highest BCUT2D eigenvalue weighted by molar-refractivity contribution is 8.18. The van der Waals surface area contributed by atoms with Gasteiger partial charge in [-0.3, -0.25) is 25.0 Å². The molecule has 0 unspecified atom stereocenters. The second-order valence-electron chi connectivity index (χ2n) is 5.21. The van der Waals surface area contributed by atoms with Crippen molar-refractivity contribution < 1.29 is 19.2 Å². The number of hydrogen-bond donors (Lipinski definition) is 1. The Morgan fingerprint density at radius 1 is 1.23 bits per heavy atom. The molecule has 1 saturated heterocycles. The summed E-state index contributed by atoms with van der Waals surface area (Å²) in [6.07, 6.45) is 1.39. The molecule has 0 bridgehead atoms. The van der Waals surface area contributed by atoms with Crippen molar-refractivity contribution in [1.82, 2.24) is 5.32 Å². The first-order valence-corrected chi connectivity index (χ1v) is 8.53. The number of non-ortho nitro benzene ring substituents is 1. The Morgan fingerprint density at radius 2 is 2.00 bits per heavy atom. The third-order valence-electron chi connectivity index (χ3n) is 3.47. The van der Waals surface area contributed by atoms with Crippen molar-refractivity contribution in [2.24, 2.45) is 0 Å². The minimum Gasteiger partial charge on any atom is -0.488 e. The first kappa shape index (κ1) is 18.0. The average molecular weight is 391 g/mol. The van der Waals surface area contributed by atoms with Gasteiger partial charge in [0.05, 0.1) is 9.83 Å². The zero-order valence-electron chi connectivity index (χ0n) is 13.1. The van der Waals surface area contributed by atoms with Gasteiger partial charge in [-0.15, -0.1) is 0 Å². The molecule has 0 radical (unpaired) electrons. The van der Waals surface area contributed by atoms with Crippen molar-refractivity contribution in [2.45, 2.75) is 6.61 Å². The highest BCUT2D eigenvalue weighted by atomic mass is 35.5. The topological polar surface area (TPSA) is 98.5 Å². The molecule has 7 nitrogen and oxygen atoms in total. The van der Waals surface area contributed by atoms with E-state index in [9.17, 15) is 19.7 Å². The van der Waals surface area contributed by atoms with Crippen LogP contribution in [0.15, 0.2) is 47.4 Å². The van der Waals surface area contributed by atoms with E-state index < -0.39 is 16.1 Å². The Balaban J connectivity index is 1.93. The molecule has 2 aromatic rings. The molecule has 1 heterocycles. The molecule has 0 aromatic heterocycles. The van der Waals surface area contributed by atoms with E-state index in [0.717, 1.165) is 17.3 Å². The SMILES string of the molecule is O=C1NC(=O)/C(=C/c2cc([N+](=O)[O-])ccc2OCc2ccccc2Cl)S1. The third kappa shape index (κ3) is 4.04. The van der Waals surface area contributed by atoms with Crippen LogP contribution in [0, 0.1) is 10.1 Å². The lowest BCUT2D eigenvalue weighted by Gasteiger charge is -2.10. The van der Waals surface area contributed by atoms with E-state index in [2.05, 4.69) is 5.32 Å². The second kappa shape index (κ2) is 7.59. The normalized spacial score (nSPS) is 15.2. The second-order valence-corrected chi connectivity index (χ2v) is 6.63. The maximum Gasteiger partial charge on any atom is 0.290 e. The molecule has 1 aliphatic heterocycles. The number of nitrogens with zero attached hydrogens (tertiary/aromatic N) is 1. The van der Waals surface area contributed by atoms with Crippen LogP contribution in [-0.4, -0.2) is 16.1 Å². The summed E-state index contributed by atoms with van der Waals surface area (Å²) in [6, 6.07) is 11.2. The fourth-order valence-corrected chi connectivity index (χ4v) is 3.09. The van der Waals surface area contributed by atoms with Crippen LogP contribution in [0.5, 0.6) is 5.75 Å². The van der Waals surface area contributed by atoms with Crippen LogP contribution in [0.3, 0.4) is 0 Å². The van der Waals surface area contributed by atoms with Gasteiger partial charge in [-0.05, 0) is 30.0 Å². The van der Waals surface area contributed by atoms with E-state index in [0.29, 0.717) is 16.3 Å². The summed E-state index contributed by atoms with van der Waals surface area (Å²) in [4.78, 5) is 33.6. The van der Waals surface area contributed by atoms with Crippen LogP contribution in [0.25, 0.3) is 6.08 Å². The summed E-state index contributed by atoms with van der Waals surface area (Å²) in [7, 11) is 0. The number of carbonyl (C=O) groups is 2. The number of nitrogens with one attached hydrogen (secondary N) is 1. The van der Waals surface area contributed by atoms with Gasteiger partial charge in [0.2, 0.25) is 0 Å². The number of nitro benzene ring substituents is 1. The molecule has 0 spiro atoms. The van der Waals surface area contributed by atoms with Crippen molar-refractivity contribution in [1.29, 1.82) is 0 Å². The number of carbonyl (C=O) groups excluding carboxylic acids is 2. The Labute approximate surface area is 157 Å². The molecular formula is C17H11ClN2O5S. The first-order chi connectivity index (χ1) is 12.4. The summed E-state index contributed by atoms with van der Waals surface area (Å²) in [5.41, 5.74) is 0.907. The van der Waals surface area contributed by atoms with E-state index in [1.807, 2.05) is 6.07 Å². The van der Waals surface area contributed by atoms with Crippen LogP contribution in [0.1, 0.15) is 11.1 Å². The summed E-state index contributed by atoms with van der Waals surface area (Å²) >= 11 is 6.82. The predicted octanol–water partition coefficient (Wildman–Crippen LogP) is 4.15. The van der Waals surface area contributed by atoms with Crippen LogP contribution in [-0.2, 0) is 11.4 Å². The van der Waals surface area contributed by atoms with Gasteiger partial charge < -0.3 is 4.74 Å². The smallest absolute Gasteiger partial charge is 0.290 e. The molecule has 26 heavy (non-hydrogen) atoms. The molecule has 1 fully saturated rings.